The average Bonchev–Trinajstić information content (AvgIpc) is 2.50. The average molecular weight is 287 g/mol. The molecule has 21 heavy (non-hydrogen) atoms. The fraction of sp³-hybridized carbons (Fsp3) is 0.700. The van der Waals surface area contributed by atoms with E-state index in [0.29, 0.717) is 12.0 Å². The molecule has 1 aromatic rings. The molecule has 1 heteroatoms. The minimum absolute atomic E-state index is 0.334. The Morgan fingerprint density at radius 3 is 2.62 bits per heavy atom. The van der Waals surface area contributed by atoms with Gasteiger partial charge in [0.05, 0.1) is 0 Å². The molecule has 0 amide bonds. The van der Waals surface area contributed by atoms with Gasteiger partial charge in [0.25, 0.3) is 0 Å². The third-order valence-electron chi connectivity index (χ3n) is 5.10. The second-order valence-corrected chi connectivity index (χ2v) is 6.98. The highest BCUT2D eigenvalue weighted by molar-refractivity contribution is 5.34. The normalized spacial score (nSPS) is 19.3. The fourth-order valence-electron chi connectivity index (χ4n) is 3.55. The molecule has 0 unspecified atom stereocenters. The molecule has 0 aromatic heterocycles. The van der Waals surface area contributed by atoms with Gasteiger partial charge < -0.3 is 5.73 Å². The van der Waals surface area contributed by atoms with Crippen molar-refractivity contribution in [3.63, 3.8) is 0 Å². The minimum atomic E-state index is 0.334. The van der Waals surface area contributed by atoms with Gasteiger partial charge in [-0.05, 0) is 61.6 Å². The number of hydrogen-bond donors (Lipinski definition) is 1. The van der Waals surface area contributed by atoms with Crippen LogP contribution >= 0.6 is 0 Å². The van der Waals surface area contributed by atoms with Gasteiger partial charge in [-0.25, -0.2) is 0 Å². The van der Waals surface area contributed by atoms with Gasteiger partial charge in [0.2, 0.25) is 0 Å². The zero-order chi connectivity index (χ0) is 15.1. The lowest BCUT2D eigenvalue weighted by molar-refractivity contribution is 0.393. The van der Waals surface area contributed by atoms with E-state index in [4.69, 9.17) is 5.73 Å². The summed E-state index contributed by atoms with van der Waals surface area (Å²) in [6, 6.07) is 7.53. The van der Waals surface area contributed by atoms with E-state index in [9.17, 15) is 0 Å². The molecule has 1 aromatic carbocycles. The first-order valence-corrected chi connectivity index (χ1v) is 9.07. The van der Waals surface area contributed by atoms with Gasteiger partial charge in [-0.1, -0.05) is 57.2 Å². The third kappa shape index (κ3) is 5.14. The Morgan fingerprint density at radius 1 is 1.10 bits per heavy atom. The molecule has 0 saturated carbocycles. The molecule has 118 valence electrons. The Kier molecular flexibility index (Phi) is 6.76. The van der Waals surface area contributed by atoms with Gasteiger partial charge in [0.15, 0.2) is 0 Å². The van der Waals surface area contributed by atoms with Gasteiger partial charge in [0.1, 0.15) is 0 Å². The van der Waals surface area contributed by atoms with Crippen LogP contribution in [0.25, 0.3) is 0 Å². The van der Waals surface area contributed by atoms with Crippen molar-refractivity contribution in [2.24, 2.45) is 11.7 Å². The molecule has 1 aliphatic carbocycles. The van der Waals surface area contributed by atoms with E-state index >= 15 is 0 Å². The van der Waals surface area contributed by atoms with Crippen LogP contribution in [0.3, 0.4) is 0 Å². The highest BCUT2D eigenvalue weighted by Gasteiger charge is 2.21. The predicted molar refractivity (Wildman–Crippen MR) is 92.7 cm³/mol. The third-order valence-corrected chi connectivity index (χ3v) is 5.10. The van der Waals surface area contributed by atoms with E-state index in [0.717, 1.165) is 0 Å². The molecule has 0 saturated heterocycles. The molecule has 0 spiro atoms. The molecular formula is C20H33N. The van der Waals surface area contributed by atoms with Crippen LogP contribution < -0.4 is 5.73 Å². The summed E-state index contributed by atoms with van der Waals surface area (Å²) in [6.45, 7) is 4.44. The maximum Gasteiger partial charge on any atom is 0.00420 e. The van der Waals surface area contributed by atoms with E-state index < -0.39 is 0 Å². The summed E-state index contributed by atoms with van der Waals surface area (Å²) in [5, 5.41) is 0. The molecule has 0 aliphatic heterocycles. The monoisotopic (exact) mass is 287 g/mol. The molecular weight excluding hydrogens is 254 g/mol. The van der Waals surface area contributed by atoms with Gasteiger partial charge in [-0.3, -0.25) is 0 Å². The summed E-state index contributed by atoms with van der Waals surface area (Å²) in [5.41, 5.74) is 10.8. The van der Waals surface area contributed by atoms with Crippen molar-refractivity contribution >= 4 is 0 Å². The van der Waals surface area contributed by atoms with Crippen molar-refractivity contribution in [1.82, 2.24) is 0 Å². The lowest BCUT2D eigenvalue weighted by Crippen LogP contribution is -2.31. The van der Waals surface area contributed by atoms with E-state index in [2.05, 4.69) is 32.0 Å². The molecule has 2 atom stereocenters. The van der Waals surface area contributed by atoms with Gasteiger partial charge >= 0.3 is 0 Å². The minimum Gasteiger partial charge on any atom is -0.328 e. The SMILES string of the molecule is CCCCCCCCc1ccc2c(c1)CC[C@H]([C@H](C)N)C2. The highest BCUT2D eigenvalue weighted by Crippen LogP contribution is 2.28. The quantitative estimate of drug-likeness (QED) is 0.666. The Hall–Kier alpha value is -0.820. The summed E-state index contributed by atoms with van der Waals surface area (Å²) in [5.74, 6) is 0.682. The largest absolute Gasteiger partial charge is 0.328 e. The topological polar surface area (TPSA) is 26.0 Å². The fourth-order valence-corrected chi connectivity index (χ4v) is 3.55. The predicted octanol–water partition coefficient (Wildman–Crippen LogP) is 5.04. The Bertz CT molecular complexity index is 422. The van der Waals surface area contributed by atoms with Gasteiger partial charge in [-0.2, -0.15) is 0 Å². The number of hydrogen-bond acceptors (Lipinski definition) is 1. The second-order valence-electron chi connectivity index (χ2n) is 6.98. The van der Waals surface area contributed by atoms with E-state index in [1.54, 1.807) is 16.7 Å². The lowest BCUT2D eigenvalue weighted by atomic mass is 9.80. The Morgan fingerprint density at radius 2 is 1.86 bits per heavy atom. The molecule has 1 aliphatic rings. The zero-order valence-corrected chi connectivity index (χ0v) is 14.0. The Labute approximate surface area is 131 Å². The number of fused-ring (bicyclic) bond motifs is 1. The van der Waals surface area contributed by atoms with Crippen molar-refractivity contribution in [2.45, 2.75) is 84.1 Å². The van der Waals surface area contributed by atoms with Crippen molar-refractivity contribution in [2.75, 3.05) is 0 Å². The Balaban J connectivity index is 1.79. The van der Waals surface area contributed by atoms with Crippen LogP contribution in [0.15, 0.2) is 18.2 Å². The number of rotatable bonds is 8. The van der Waals surface area contributed by atoms with Crippen molar-refractivity contribution in [3.05, 3.63) is 34.9 Å². The highest BCUT2D eigenvalue weighted by atomic mass is 14.6. The first kappa shape index (κ1) is 16.5. The summed E-state index contributed by atoms with van der Waals surface area (Å²) < 4.78 is 0. The first-order valence-electron chi connectivity index (χ1n) is 9.07. The van der Waals surface area contributed by atoms with E-state index in [1.807, 2.05) is 0 Å². The summed E-state index contributed by atoms with van der Waals surface area (Å²) in [4.78, 5) is 0. The number of aryl methyl sites for hydroxylation is 2. The van der Waals surface area contributed by atoms with E-state index in [1.165, 1.54) is 64.2 Å². The van der Waals surface area contributed by atoms with Gasteiger partial charge in [0, 0.05) is 6.04 Å². The second kappa shape index (κ2) is 8.58. The molecule has 2 N–H and O–H groups in total. The maximum atomic E-state index is 6.07. The van der Waals surface area contributed by atoms with Crippen LogP contribution in [0.4, 0.5) is 0 Å². The lowest BCUT2D eigenvalue weighted by Gasteiger charge is -2.27. The van der Waals surface area contributed by atoms with Crippen LogP contribution in [0, 0.1) is 5.92 Å². The van der Waals surface area contributed by atoms with Crippen LogP contribution in [0.2, 0.25) is 0 Å². The summed E-state index contributed by atoms with van der Waals surface area (Å²) in [7, 11) is 0. The summed E-state index contributed by atoms with van der Waals surface area (Å²) >= 11 is 0. The summed E-state index contributed by atoms with van der Waals surface area (Å²) in [6.07, 6.45) is 13.3. The van der Waals surface area contributed by atoms with Crippen molar-refractivity contribution in [1.29, 1.82) is 0 Å². The van der Waals surface area contributed by atoms with Crippen LogP contribution in [-0.2, 0) is 19.3 Å². The molecule has 1 nitrogen and oxygen atoms in total. The molecule has 2 rings (SSSR count). The molecule has 0 radical (unpaired) electrons. The maximum absolute atomic E-state index is 6.07. The van der Waals surface area contributed by atoms with Crippen molar-refractivity contribution in [3.8, 4) is 0 Å². The number of unbranched alkanes of at least 4 members (excludes halogenated alkanes) is 5. The number of nitrogens with two attached hydrogens (primary N) is 1. The molecule has 0 heterocycles. The molecule has 0 bridgehead atoms. The van der Waals surface area contributed by atoms with Gasteiger partial charge in [-0.15, -0.1) is 0 Å². The van der Waals surface area contributed by atoms with Crippen LogP contribution in [-0.4, -0.2) is 6.04 Å². The van der Waals surface area contributed by atoms with Crippen LogP contribution in [0.1, 0.15) is 75.5 Å². The standard InChI is InChI=1S/C20H33N/c1-3-4-5-6-7-8-9-17-10-11-20-15-18(16(2)21)12-13-19(20)14-17/h10-11,14,16,18H,3-9,12-13,15,21H2,1-2H3/t16-,18-/m0/s1. The first-order chi connectivity index (χ1) is 10.2. The van der Waals surface area contributed by atoms with E-state index in [-0.39, 0.29) is 0 Å². The van der Waals surface area contributed by atoms with Crippen molar-refractivity contribution < 1.29 is 0 Å². The van der Waals surface area contributed by atoms with Crippen LogP contribution in [0.5, 0.6) is 0 Å². The smallest absolute Gasteiger partial charge is 0.00420 e. The zero-order valence-electron chi connectivity index (χ0n) is 14.0. The molecule has 0 fully saturated rings. The number of benzene rings is 1.